The van der Waals surface area contributed by atoms with Crippen molar-refractivity contribution in [2.24, 2.45) is 0 Å². The smallest absolute Gasteiger partial charge is 0.238 e. The molecule has 2 atom stereocenters. The van der Waals surface area contributed by atoms with E-state index < -0.39 is 5.38 Å². The highest BCUT2D eigenvalue weighted by atomic mass is 35.5. The van der Waals surface area contributed by atoms with Crippen LogP contribution in [-0.2, 0) is 4.79 Å². The molecule has 0 aromatic rings. The van der Waals surface area contributed by atoms with Gasteiger partial charge in [-0.25, -0.2) is 0 Å². The summed E-state index contributed by atoms with van der Waals surface area (Å²) >= 11 is 5.81. The lowest BCUT2D eigenvalue weighted by Crippen LogP contribution is -2.52. The Balaban J connectivity index is 1.82. The van der Waals surface area contributed by atoms with Crippen LogP contribution in [-0.4, -0.2) is 41.4 Å². The minimum atomic E-state index is -0.421. The molecular formula is C14H25ClN2O. The SMILES string of the molecule is CC(Cl)C(=O)NC1CCCN(C2CCCCC2)C1. The molecule has 0 aromatic carbocycles. The van der Waals surface area contributed by atoms with Gasteiger partial charge in [0.2, 0.25) is 5.91 Å². The molecule has 0 spiro atoms. The fourth-order valence-corrected chi connectivity index (χ4v) is 3.28. The molecule has 3 nitrogen and oxygen atoms in total. The molecule has 1 heterocycles. The summed E-state index contributed by atoms with van der Waals surface area (Å²) in [6.07, 6.45) is 9.11. The maximum Gasteiger partial charge on any atom is 0.238 e. The molecule has 0 bridgehead atoms. The maximum atomic E-state index is 11.6. The Morgan fingerprint density at radius 1 is 1.22 bits per heavy atom. The van der Waals surface area contributed by atoms with Crippen molar-refractivity contribution in [1.82, 2.24) is 10.2 Å². The number of piperidine rings is 1. The third kappa shape index (κ3) is 3.86. The van der Waals surface area contributed by atoms with Crippen LogP contribution in [0.5, 0.6) is 0 Å². The van der Waals surface area contributed by atoms with E-state index in [-0.39, 0.29) is 5.91 Å². The van der Waals surface area contributed by atoms with Gasteiger partial charge in [-0.15, -0.1) is 11.6 Å². The zero-order valence-corrected chi connectivity index (χ0v) is 12.1. The van der Waals surface area contributed by atoms with Crippen molar-refractivity contribution >= 4 is 17.5 Å². The Hall–Kier alpha value is -0.280. The van der Waals surface area contributed by atoms with E-state index in [1.165, 1.54) is 45.1 Å². The highest BCUT2D eigenvalue weighted by molar-refractivity contribution is 6.30. The molecule has 0 aromatic heterocycles. The van der Waals surface area contributed by atoms with Crippen LogP contribution in [0.3, 0.4) is 0 Å². The number of amides is 1. The van der Waals surface area contributed by atoms with Crippen molar-refractivity contribution in [3.05, 3.63) is 0 Å². The quantitative estimate of drug-likeness (QED) is 0.801. The number of hydrogen-bond acceptors (Lipinski definition) is 2. The van der Waals surface area contributed by atoms with Crippen molar-refractivity contribution in [1.29, 1.82) is 0 Å². The van der Waals surface area contributed by atoms with Gasteiger partial charge in [0.1, 0.15) is 5.38 Å². The number of nitrogens with one attached hydrogen (secondary N) is 1. The van der Waals surface area contributed by atoms with Gasteiger partial charge in [-0.2, -0.15) is 0 Å². The Morgan fingerprint density at radius 3 is 2.61 bits per heavy atom. The second-order valence-electron chi connectivity index (χ2n) is 5.75. The minimum absolute atomic E-state index is 0.0211. The Labute approximate surface area is 115 Å². The topological polar surface area (TPSA) is 32.3 Å². The molecule has 1 aliphatic carbocycles. The highest BCUT2D eigenvalue weighted by Gasteiger charge is 2.28. The van der Waals surface area contributed by atoms with Crippen LogP contribution in [0.4, 0.5) is 0 Å². The Kier molecular flexibility index (Phi) is 5.31. The van der Waals surface area contributed by atoms with Gasteiger partial charge in [-0.3, -0.25) is 9.69 Å². The number of carbonyl (C=O) groups is 1. The second kappa shape index (κ2) is 6.76. The van der Waals surface area contributed by atoms with Crippen molar-refractivity contribution in [3.63, 3.8) is 0 Å². The van der Waals surface area contributed by atoms with Gasteiger partial charge in [0, 0.05) is 18.6 Å². The van der Waals surface area contributed by atoms with Gasteiger partial charge in [-0.05, 0) is 39.2 Å². The molecular weight excluding hydrogens is 248 g/mol. The number of nitrogens with zero attached hydrogens (tertiary/aromatic N) is 1. The van der Waals surface area contributed by atoms with E-state index in [2.05, 4.69) is 10.2 Å². The molecule has 2 rings (SSSR count). The highest BCUT2D eigenvalue weighted by Crippen LogP contribution is 2.25. The molecule has 18 heavy (non-hydrogen) atoms. The number of likely N-dealkylation sites (tertiary alicyclic amines) is 1. The molecule has 1 aliphatic heterocycles. The summed E-state index contributed by atoms with van der Waals surface area (Å²) in [4.78, 5) is 14.2. The normalized spacial score (nSPS) is 28.9. The van der Waals surface area contributed by atoms with Crippen molar-refractivity contribution < 1.29 is 4.79 Å². The molecule has 1 amide bonds. The van der Waals surface area contributed by atoms with Crippen molar-refractivity contribution in [2.45, 2.75) is 69.3 Å². The molecule has 2 aliphatic rings. The molecule has 4 heteroatoms. The first kappa shape index (κ1) is 14.1. The number of carbonyl (C=O) groups excluding carboxylic acids is 1. The minimum Gasteiger partial charge on any atom is -0.351 e. The fourth-order valence-electron chi connectivity index (χ4n) is 3.22. The van der Waals surface area contributed by atoms with Gasteiger partial charge in [0.15, 0.2) is 0 Å². The van der Waals surface area contributed by atoms with E-state index in [0.29, 0.717) is 6.04 Å². The summed E-state index contributed by atoms with van der Waals surface area (Å²) < 4.78 is 0. The average molecular weight is 273 g/mol. The van der Waals surface area contributed by atoms with Crippen LogP contribution in [0, 0.1) is 0 Å². The third-order valence-electron chi connectivity index (χ3n) is 4.25. The lowest BCUT2D eigenvalue weighted by atomic mass is 9.92. The predicted molar refractivity (Wildman–Crippen MR) is 74.9 cm³/mol. The van der Waals surface area contributed by atoms with Crippen LogP contribution in [0.2, 0.25) is 0 Å². The van der Waals surface area contributed by atoms with Gasteiger partial charge < -0.3 is 5.32 Å². The average Bonchev–Trinajstić information content (AvgIpc) is 2.40. The molecule has 1 N–H and O–H groups in total. The van der Waals surface area contributed by atoms with E-state index >= 15 is 0 Å². The zero-order valence-electron chi connectivity index (χ0n) is 11.3. The number of alkyl halides is 1. The molecule has 104 valence electrons. The summed E-state index contributed by atoms with van der Waals surface area (Å²) in [7, 11) is 0. The molecule has 2 fully saturated rings. The summed E-state index contributed by atoms with van der Waals surface area (Å²) in [6.45, 7) is 3.95. The Bertz CT molecular complexity index is 277. The van der Waals surface area contributed by atoms with Crippen LogP contribution in [0.15, 0.2) is 0 Å². The monoisotopic (exact) mass is 272 g/mol. The molecule has 2 unspecified atom stereocenters. The number of rotatable bonds is 3. The van der Waals surface area contributed by atoms with E-state index in [4.69, 9.17) is 11.6 Å². The van der Waals surface area contributed by atoms with Gasteiger partial charge in [0.05, 0.1) is 0 Å². The van der Waals surface area contributed by atoms with E-state index in [1.807, 2.05) is 0 Å². The molecule has 1 saturated carbocycles. The first-order chi connectivity index (χ1) is 8.66. The largest absolute Gasteiger partial charge is 0.351 e. The standard InChI is InChI=1S/C14H25ClN2O/c1-11(15)14(18)16-12-6-5-9-17(10-12)13-7-3-2-4-8-13/h11-13H,2-10H2,1H3,(H,16,18). The summed E-state index contributed by atoms with van der Waals surface area (Å²) in [6, 6.07) is 1.06. The van der Waals surface area contributed by atoms with Crippen molar-refractivity contribution in [3.8, 4) is 0 Å². The van der Waals surface area contributed by atoms with Gasteiger partial charge in [0.25, 0.3) is 0 Å². The fraction of sp³-hybridized carbons (Fsp3) is 0.929. The van der Waals surface area contributed by atoms with E-state index in [0.717, 1.165) is 19.0 Å². The second-order valence-corrected chi connectivity index (χ2v) is 6.41. The molecule has 0 radical (unpaired) electrons. The van der Waals surface area contributed by atoms with Crippen LogP contribution in [0.25, 0.3) is 0 Å². The Morgan fingerprint density at radius 2 is 1.94 bits per heavy atom. The number of halogens is 1. The predicted octanol–water partition coefficient (Wildman–Crippen LogP) is 2.53. The van der Waals surface area contributed by atoms with Crippen LogP contribution in [0.1, 0.15) is 51.9 Å². The van der Waals surface area contributed by atoms with E-state index in [1.54, 1.807) is 6.92 Å². The zero-order chi connectivity index (χ0) is 13.0. The number of hydrogen-bond donors (Lipinski definition) is 1. The van der Waals surface area contributed by atoms with Gasteiger partial charge in [-0.1, -0.05) is 19.3 Å². The van der Waals surface area contributed by atoms with Crippen LogP contribution >= 0.6 is 11.6 Å². The van der Waals surface area contributed by atoms with E-state index in [9.17, 15) is 4.79 Å². The first-order valence-electron chi connectivity index (χ1n) is 7.35. The summed E-state index contributed by atoms with van der Waals surface area (Å²) in [5.41, 5.74) is 0. The van der Waals surface area contributed by atoms with Gasteiger partial charge >= 0.3 is 0 Å². The van der Waals surface area contributed by atoms with Crippen molar-refractivity contribution in [2.75, 3.05) is 13.1 Å². The lowest BCUT2D eigenvalue weighted by molar-refractivity contribution is -0.121. The summed E-state index contributed by atoms with van der Waals surface area (Å²) in [5, 5.41) is 2.65. The lowest BCUT2D eigenvalue weighted by Gasteiger charge is -2.40. The molecule has 1 saturated heterocycles. The third-order valence-corrected chi connectivity index (χ3v) is 4.45. The summed E-state index contributed by atoms with van der Waals surface area (Å²) in [5.74, 6) is -0.0211. The first-order valence-corrected chi connectivity index (χ1v) is 7.79. The van der Waals surface area contributed by atoms with Crippen LogP contribution < -0.4 is 5.32 Å². The maximum absolute atomic E-state index is 11.6.